The summed E-state index contributed by atoms with van der Waals surface area (Å²) in [6.07, 6.45) is 2.45. The molecule has 0 amide bonds. The third kappa shape index (κ3) is 3.47. The topological polar surface area (TPSA) is 64.8 Å². The van der Waals surface area contributed by atoms with Gasteiger partial charge in [0, 0.05) is 25.3 Å². The van der Waals surface area contributed by atoms with Crippen molar-refractivity contribution in [2.24, 2.45) is 0 Å². The summed E-state index contributed by atoms with van der Waals surface area (Å²) in [4.78, 5) is 8.68. The van der Waals surface area contributed by atoms with Crippen molar-refractivity contribution >= 4 is 11.5 Å². The molecule has 0 radical (unpaired) electrons. The Morgan fingerprint density at radius 2 is 1.72 bits per heavy atom. The number of halogens is 4. The van der Waals surface area contributed by atoms with E-state index in [9.17, 15) is 17.6 Å². The second-order valence-electron chi connectivity index (χ2n) is 5.62. The average molecular weight is 351 g/mol. The molecule has 3 heterocycles. The van der Waals surface area contributed by atoms with E-state index in [-0.39, 0.29) is 6.04 Å². The molecule has 0 bridgehead atoms. The normalized spacial score (nSPS) is 15.1. The lowest BCUT2D eigenvalue weighted by atomic mass is 10.0. The summed E-state index contributed by atoms with van der Waals surface area (Å²) in [7, 11) is 0. The Bertz CT molecular complexity index is 785. The quantitative estimate of drug-likeness (QED) is 0.680. The van der Waals surface area contributed by atoms with Crippen LogP contribution in [0.15, 0.2) is 18.3 Å². The molecule has 1 N–H and O–H groups in total. The fourth-order valence-electron chi connectivity index (χ4n) is 2.71. The molecule has 3 rings (SSSR count). The summed E-state index contributed by atoms with van der Waals surface area (Å²) in [6.45, 7) is 1.08. The first-order chi connectivity index (χ1) is 12.0. The third-order valence-corrected chi connectivity index (χ3v) is 4.04. The predicted molar refractivity (Wildman–Crippen MR) is 81.9 cm³/mol. The summed E-state index contributed by atoms with van der Waals surface area (Å²) in [5.41, 5.74) is -0.382. The highest BCUT2D eigenvalue weighted by Crippen LogP contribution is 2.26. The monoisotopic (exact) mass is 351 g/mol. The molecule has 0 aliphatic carbocycles. The van der Waals surface area contributed by atoms with Crippen LogP contribution in [0.1, 0.15) is 18.4 Å². The lowest BCUT2D eigenvalue weighted by Gasteiger charge is -2.33. The van der Waals surface area contributed by atoms with Crippen LogP contribution in [0.2, 0.25) is 0 Å². The Kier molecular flexibility index (Phi) is 4.70. The first-order valence-corrected chi connectivity index (χ1v) is 7.57. The Balaban J connectivity index is 1.66. The van der Waals surface area contributed by atoms with Gasteiger partial charge in [0.15, 0.2) is 0 Å². The van der Waals surface area contributed by atoms with Gasteiger partial charge < -0.3 is 10.2 Å². The summed E-state index contributed by atoms with van der Waals surface area (Å²) < 4.78 is 53.6. The number of piperidine rings is 1. The minimum atomic E-state index is -1.68. The number of anilines is 2. The van der Waals surface area contributed by atoms with Crippen molar-refractivity contribution in [2.45, 2.75) is 18.9 Å². The molecule has 1 fully saturated rings. The number of aromatic nitrogens is 2. The first kappa shape index (κ1) is 17.0. The smallest absolute Gasteiger partial charge is 0.253 e. The van der Waals surface area contributed by atoms with Crippen LogP contribution in [0.3, 0.4) is 0 Å². The lowest BCUT2D eigenvalue weighted by molar-refractivity contribution is 0.407. The first-order valence-electron chi connectivity index (χ1n) is 7.57. The van der Waals surface area contributed by atoms with E-state index in [2.05, 4.69) is 15.3 Å². The Hall–Kier alpha value is -2.89. The number of nitrogens with zero attached hydrogens (tertiary/aromatic N) is 4. The molecule has 2 aromatic rings. The summed E-state index contributed by atoms with van der Waals surface area (Å²) in [6, 6.07) is 5.01. The van der Waals surface area contributed by atoms with Gasteiger partial charge in [0.05, 0.1) is 5.56 Å². The van der Waals surface area contributed by atoms with Gasteiger partial charge in [-0.25, -0.2) is 4.98 Å². The SMILES string of the molecule is N#Cc1ccc(N2CCC(Nc3c(F)c(F)nc(F)c3F)CC2)nc1. The van der Waals surface area contributed by atoms with E-state index in [0.717, 1.165) is 0 Å². The van der Waals surface area contributed by atoms with Gasteiger partial charge in [-0.15, -0.1) is 0 Å². The summed E-state index contributed by atoms with van der Waals surface area (Å²) in [5.74, 6) is -5.73. The van der Waals surface area contributed by atoms with E-state index in [1.807, 2.05) is 11.0 Å². The lowest BCUT2D eigenvalue weighted by Crippen LogP contribution is -2.40. The number of hydrogen-bond acceptors (Lipinski definition) is 5. The number of rotatable bonds is 3. The van der Waals surface area contributed by atoms with Gasteiger partial charge in [0.1, 0.15) is 17.6 Å². The van der Waals surface area contributed by atoms with Crippen LogP contribution in [0.5, 0.6) is 0 Å². The van der Waals surface area contributed by atoms with E-state index in [1.165, 1.54) is 6.20 Å². The second kappa shape index (κ2) is 6.93. The Morgan fingerprint density at radius 1 is 1.08 bits per heavy atom. The van der Waals surface area contributed by atoms with Crippen molar-refractivity contribution < 1.29 is 17.6 Å². The molecular weight excluding hydrogens is 338 g/mol. The van der Waals surface area contributed by atoms with Crippen LogP contribution in [0.4, 0.5) is 29.1 Å². The van der Waals surface area contributed by atoms with Gasteiger partial charge in [-0.3, -0.25) is 0 Å². The van der Waals surface area contributed by atoms with Crippen molar-refractivity contribution in [1.29, 1.82) is 5.26 Å². The highest BCUT2D eigenvalue weighted by Gasteiger charge is 2.25. The number of hydrogen-bond donors (Lipinski definition) is 1. The van der Waals surface area contributed by atoms with Crippen LogP contribution in [0, 0.1) is 34.9 Å². The maximum absolute atomic E-state index is 13.7. The van der Waals surface area contributed by atoms with Gasteiger partial charge >= 0.3 is 0 Å². The van der Waals surface area contributed by atoms with Crippen LogP contribution in [0.25, 0.3) is 0 Å². The molecule has 0 saturated carbocycles. The zero-order valence-electron chi connectivity index (χ0n) is 12.9. The summed E-state index contributed by atoms with van der Waals surface area (Å²) >= 11 is 0. The number of nitrogens with one attached hydrogen (secondary N) is 1. The van der Waals surface area contributed by atoms with Crippen LogP contribution in [-0.4, -0.2) is 29.1 Å². The van der Waals surface area contributed by atoms with Crippen molar-refractivity contribution in [3.8, 4) is 6.07 Å². The second-order valence-corrected chi connectivity index (χ2v) is 5.62. The zero-order chi connectivity index (χ0) is 18.0. The van der Waals surface area contributed by atoms with Gasteiger partial charge in [0.25, 0.3) is 11.9 Å². The van der Waals surface area contributed by atoms with Gasteiger partial charge in [-0.05, 0) is 25.0 Å². The van der Waals surface area contributed by atoms with E-state index in [4.69, 9.17) is 5.26 Å². The Labute approximate surface area is 140 Å². The average Bonchev–Trinajstić information content (AvgIpc) is 2.64. The van der Waals surface area contributed by atoms with Crippen LogP contribution >= 0.6 is 0 Å². The maximum Gasteiger partial charge on any atom is 0.253 e. The largest absolute Gasteiger partial charge is 0.377 e. The Morgan fingerprint density at radius 3 is 2.24 bits per heavy atom. The molecule has 5 nitrogen and oxygen atoms in total. The van der Waals surface area contributed by atoms with Crippen molar-refractivity contribution in [3.05, 3.63) is 47.4 Å². The number of pyridine rings is 2. The molecule has 9 heteroatoms. The van der Waals surface area contributed by atoms with Crippen molar-refractivity contribution in [3.63, 3.8) is 0 Å². The van der Waals surface area contributed by atoms with E-state index in [0.29, 0.717) is 37.3 Å². The molecule has 2 aromatic heterocycles. The molecule has 1 aliphatic heterocycles. The van der Waals surface area contributed by atoms with E-state index < -0.39 is 29.2 Å². The van der Waals surface area contributed by atoms with Crippen molar-refractivity contribution in [1.82, 2.24) is 9.97 Å². The fourth-order valence-corrected chi connectivity index (χ4v) is 2.71. The zero-order valence-corrected chi connectivity index (χ0v) is 12.9. The highest BCUT2D eigenvalue weighted by atomic mass is 19.2. The third-order valence-electron chi connectivity index (χ3n) is 4.04. The van der Waals surface area contributed by atoms with E-state index >= 15 is 0 Å². The standard InChI is InChI=1S/C16H13F4N5/c17-12-14(13(18)16(20)24-15(12)19)23-10-3-5-25(6-4-10)11-2-1-9(7-21)8-22-11/h1-2,8,10H,3-6H2,(H,23,24). The maximum atomic E-state index is 13.7. The molecule has 130 valence electrons. The van der Waals surface area contributed by atoms with Crippen molar-refractivity contribution in [2.75, 3.05) is 23.3 Å². The number of nitriles is 1. The molecule has 25 heavy (non-hydrogen) atoms. The van der Waals surface area contributed by atoms with E-state index in [1.54, 1.807) is 12.1 Å². The molecule has 1 aliphatic rings. The minimum Gasteiger partial charge on any atom is -0.377 e. The molecular formula is C16H13F4N5. The van der Waals surface area contributed by atoms with Crippen LogP contribution < -0.4 is 10.2 Å². The summed E-state index contributed by atoms with van der Waals surface area (Å²) in [5, 5.41) is 11.3. The molecule has 0 spiro atoms. The van der Waals surface area contributed by atoms with Crippen LogP contribution in [-0.2, 0) is 0 Å². The molecule has 0 unspecified atom stereocenters. The molecule has 0 aromatic carbocycles. The fraction of sp³-hybridized carbons (Fsp3) is 0.312. The van der Waals surface area contributed by atoms with Gasteiger partial charge in [-0.1, -0.05) is 0 Å². The van der Waals surface area contributed by atoms with Gasteiger partial charge in [0.2, 0.25) is 11.6 Å². The molecule has 0 atom stereocenters. The predicted octanol–water partition coefficient (Wildman–Crippen LogP) is 2.99. The molecule has 1 saturated heterocycles. The van der Waals surface area contributed by atoms with Gasteiger partial charge in [-0.2, -0.15) is 27.8 Å². The highest BCUT2D eigenvalue weighted by molar-refractivity contribution is 5.47. The minimum absolute atomic E-state index is 0.347.